The van der Waals surface area contributed by atoms with Gasteiger partial charge in [-0.15, -0.1) is 0 Å². The van der Waals surface area contributed by atoms with E-state index in [-0.39, 0.29) is 0 Å². The first kappa shape index (κ1) is 16.4. The predicted octanol–water partition coefficient (Wildman–Crippen LogP) is 2.79. The van der Waals surface area contributed by atoms with Crippen LogP contribution in [0, 0.1) is 0 Å². The molecule has 0 bridgehead atoms. The average Bonchev–Trinajstić information content (AvgIpc) is 1.79. The molecule has 88 valence electrons. The molecule has 0 amide bonds. The molecule has 2 nitrogen and oxygen atoms in total. The minimum atomic E-state index is 0.625. The van der Waals surface area contributed by atoms with Gasteiger partial charge in [0.2, 0.25) is 0 Å². The Balaban J connectivity index is 0. The van der Waals surface area contributed by atoms with Gasteiger partial charge < -0.3 is 10.6 Å². The first-order valence-electron chi connectivity index (χ1n) is 5.77. The molecule has 0 radical (unpaired) electrons. The Kier molecular flexibility index (Phi) is 11.1. The molecule has 0 heterocycles. The van der Waals surface area contributed by atoms with Gasteiger partial charge in [0.1, 0.15) is 0 Å². The topological polar surface area (TPSA) is 24.1 Å². The van der Waals surface area contributed by atoms with Gasteiger partial charge in [-0.1, -0.05) is 55.4 Å². The lowest BCUT2D eigenvalue weighted by Crippen LogP contribution is -2.29. The van der Waals surface area contributed by atoms with Gasteiger partial charge in [-0.25, -0.2) is 0 Å². The van der Waals surface area contributed by atoms with E-state index in [0.717, 1.165) is 0 Å². The molecule has 0 rings (SSSR count). The first-order chi connectivity index (χ1) is 6.25. The van der Waals surface area contributed by atoms with Crippen LogP contribution in [0.2, 0.25) is 0 Å². The van der Waals surface area contributed by atoms with Gasteiger partial charge in [0.05, 0.1) is 0 Å². The van der Waals surface area contributed by atoms with E-state index in [1.165, 1.54) is 0 Å². The lowest BCUT2D eigenvalue weighted by atomic mass is 10.3. The van der Waals surface area contributed by atoms with E-state index in [1.807, 2.05) is 0 Å². The second-order valence-electron chi connectivity index (χ2n) is 4.95. The third kappa shape index (κ3) is 22.7. The Morgan fingerprint density at radius 1 is 0.429 bits per heavy atom. The largest absolute Gasteiger partial charge is 0.312 e. The molecule has 14 heavy (non-hydrogen) atoms. The fourth-order valence-electron chi connectivity index (χ4n) is 1.33. The van der Waals surface area contributed by atoms with Gasteiger partial charge in [-0.2, -0.15) is 0 Å². The quantitative estimate of drug-likeness (QED) is 0.732. The molecule has 0 fully saturated rings. The van der Waals surface area contributed by atoms with Crippen LogP contribution in [0.25, 0.3) is 0 Å². The molecule has 0 aliphatic carbocycles. The summed E-state index contributed by atoms with van der Waals surface area (Å²) in [6.45, 7) is 17.2. The van der Waals surface area contributed by atoms with Crippen LogP contribution in [0.3, 0.4) is 0 Å². The average molecular weight is 202 g/mol. The van der Waals surface area contributed by atoms with Gasteiger partial charge >= 0.3 is 0 Å². The van der Waals surface area contributed by atoms with Crippen LogP contribution in [-0.2, 0) is 0 Å². The SMILES string of the molecule is CC(C)NC(C)C.CC(C)NC(C)C. The van der Waals surface area contributed by atoms with Crippen molar-refractivity contribution in [1.82, 2.24) is 10.6 Å². The van der Waals surface area contributed by atoms with E-state index in [1.54, 1.807) is 0 Å². The minimum absolute atomic E-state index is 0.625. The number of rotatable bonds is 4. The minimum Gasteiger partial charge on any atom is -0.312 e. The molecule has 2 heteroatoms. The van der Waals surface area contributed by atoms with Crippen LogP contribution in [0.5, 0.6) is 0 Å². The normalized spacial score (nSPS) is 11.1. The summed E-state index contributed by atoms with van der Waals surface area (Å²) in [6, 6.07) is 2.50. The van der Waals surface area contributed by atoms with Crippen molar-refractivity contribution < 1.29 is 0 Å². The van der Waals surface area contributed by atoms with Crippen molar-refractivity contribution in [3.8, 4) is 0 Å². The number of hydrogen-bond donors (Lipinski definition) is 2. The lowest BCUT2D eigenvalue weighted by Gasteiger charge is -2.10. The summed E-state index contributed by atoms with van der Waals surface area (Å²) < 4.78 is 0. The lowest BCUT2D eigenvalue weighted by molar-refractivity contribution is 0.518. The van der Waals surface area contributed by atoms with Crippen molar-refractivity contribution in [2.24, 2.45) is 0 Å². The second-order valence-corrected chi connectivity index (χ2v) is 4.95. The molecule has 0 saturated carbocycles. The highest BCUT2D eigenvalue weighted by Crippen LogP contribution is 1.81. The van der Waals surface area contributed by atoms with Crippen molar-refractivity contribution >= 4 is 0 Å². The van der Waals surface area contributed by atoms with Gasteiger partial charge in [0.15, 0.2) is 0 Å². The van der Waals surface area contributed by atoms with E-state index in [2.05, 4.69) is 66.0 Å². The Bertz CT molecular complexity index is 80.9. The highest BCUT2D eigenvalue weighted by atomic mass is 14.9. The Labute approximate surface area is 90.9 Å². The van der Waals surface area contributed by atoms with Crippen molar-refractivity contribution in [3.05, 3.63) is 0 Å². The summed E-state index contributed by atoms with van der Waals surface area (Å²) in [5.41, 5.74) is 0. The van der Waals surface area contributed by atoms with E-state index in [0.29, 0.717) is 24.2 Å². The third-order valence-corrected chi connectivity index (χ3v) is 1.33. The summed E-state index contributed by atoms with van der Waals surface area (Å²) in [7, 11) is 0. The molecule has 0 aromatic rings. The van der Waals surface area contributed by atoms with Crippen molar-refractivity contribution in [2.45, 2.75) is 79.6 Å². The van der Waals surface area contributed by atoms with Crippen LogP contribution in [0.4, 0.5) is 0 Å². The summed E-state index contributed by atoms with van der Waals surface area (Å²) in [6.07, 6.45) is 0. The highest BCUT2D eigenvalue weighted by Gasteiger charge is 1.93. The van der Waals surface area contributed by atoms with Gasteiger partial charge in [-0.05, 0) is 0 Å². The van der Waals surface area contributed by atoms with Crippen molar-refractivity contribution in [3.63, 3.8) is 0 Å². The molecule has 0 atom stereocenters. The Morgan fingerprint density at radius 2 is 0.571 bits per heavy atom. The first-order valence-corrected chi connectivity index (χ1v) is 5.77. The van der Waals surface area contributed by atoms with Crippen LogP contribution < -0.4 is 10.6 Å². The summed E-state index contributed by atoms with van der Waals surface area (Å²) in [5, 5.41) is 6.61. The second kappa shape index (κ2) is 9.47. The van der Waals surface area contributed by atoms with E-state index < -0.39 is 0 Å². The molecule has 2 N–H and O–H groups in total. The van der Waals surface area contributed by atoms with Gasteiger partial charge in [-0.3, -0.25) is 0 Å². The molecule has 0 aromatic carbocycles. The van der Waals surface area contributed by atoms with E-state index in [9.17, 15) is 0 Å². The monoisotopic (exact) mass is 202 g/mol. The zero-order valence-electron chi connectivity index (χ0n) is 11.3. The van der Waals surface area contributed by atoms with Crippen LogP contribution in [0.15, 0.2) is 0 Å². The molecule has 0 spiro atoms. The van der Waals surface area contributed by atoms with Crippen LogP contribution in [0.1, 0.15) is 55.4 Å². The molecule has 0 saturated heterocycles. The van der Waals surface area contributed by atoms with E-state index in [4.69, 9.17) is 0 Å². The number of hydrogen-bond acceptors (Lipinski definition) is 2. The van der Waals surface area contributed by atoms with E-state index >= 15 is 0 Å². The molecular weight excluding hydrogens is 172 g/mol. The standard InChI is InChI=1S/2C6H15N/c2*1-5(2)7-6(3)4/h2*5-7H,1-4H3. The Morgan fingerprint density at radius 3 is 0.571 bits per heavy atom. The maximum atomic E-state index is 3.31. The number of nitrogens with one attached hydrogen (secondary N) is 2. The fourth-order valence-corrected chi connectivity index (χ4v) is 1.33. The Hall–Kier alpha value is -0.0800. The predicted molar refractivity (Wildman–Crippen MR) is 66.8 cm³/mol. The third-order valence-electron chi connectivity index (χ3n) is 1.33. The zero-order valence-corrected chi connectivity index (χ0v) is 11.3. The fraction of sp³-hybridized carbons (Fsp3) is 1.00. The zero-order chi connectivity index (χ0) is 11.7. The van der Waals surface area contributed by atoms with Crippen LogP contribution >= 0.6 is 0 Å². The van der Waals surface area contributed by atoms with Crippen molar-refractivity contribution in [1.29, 1.82) is 0 Å². The van der Waals surface area contributed by atoms with Gasteiger partial charge in [0.25, 0.3) is 0 Å². The smallest absolute Gasteiger partial charge is 0.00127 e. The molecule has 0 aliphatic rings. The van der Waals surface area contributed by atoms with Crippen molar-refractivity contribution in [2.75, 3.05) is 0 Å². The molecule has 0 aliphatic heterocycles. The van der Waals surface area contributed by atoms with Crippen LogP contribution in [-0.4, -0.2) is 24.2 Å². The molecular formula is C12H30N2. The summed E-state index contributed by atoms with van der Waals surface area (Å²) >= 11 is 0. The highest BCUT2D eigenvalue weighted by molar-refractivity contribution is 4.56. The van der Waals surface area contributed by atoms with Gasteiger partial charge in [0, 0.05) is 24.2 Å². The maximum absolute atomic E-state index is 3.31. The molecule has 0 unspecified atom stereocenters. The summed E-state index contributed by atoms with van der Waals surface area (Å²) in [5.74, 6) is 0. The molecule has 0 aromatic heterocycles. The maximum Gasteiger partial charge on any atom is 0.00127 e. The summed E-state index contributed by atoms with van der Waals surface area (Å²) in [4.78, 5) is 0.